The summed E-state index contributed by atoms with van der Waals surface area (Å²) in [4.78, 5) is 0. The molecule has 8 rings (SSSR count). The number of hydrogen-bond donors (Lipinski definition) is 0. The molecule has 2 aliphatic heterocycles. The molecule has 0 aromatic heterocycles. The van der Waals surface area contributed by atoms with Crippen LogP contribution < -0.4 is 20.4 Å². The second-order valence-electron chi connectivity index (χ2n) is 19.9. The first kappa shape index (κ1) is 37.0. The Kier molecular flexibility index (Phi) is 8.76. The molecule has 0 fully saturated rings. The number of rotatable bonds is 5. The minimum Gasteiger partial charge on any atom is -0.490 e. The third-order valence-corrected chi connectivity index (χ3v) is 14.2. The molecule has 4 aromatic carbocycles. The number of hydrogen-bond acceptors (Lipinski definition) is 2. The Morgan fingerprint density at radius 2 is 1.07 bits per heavy atom. The van der Waals surface area contributed by atoms with Gasteiger partial charge >= 0.3 is 0 Å². The van der Waals surface area contributed by atoms with Crippen molar-refractivity contribution in [3.05, 3.63) is 117 Å². The van der Waals surface area contributed by atoms with E-state index < -0.39 is 0 Å². The van der Waals surface area contributed by atoms with Gasteiger partial charge in [-0.1, -0.05) is 130 Å². The Labute approximate surface area is 326 Å². The highest BCUT2D eigenvalue weighted by atomic mass is 16.5. The first-order valence-electron chi connectivity index (χ1n) is 20.7. The molecule has 0 amide bonds. The predicted octanol–water partition coefficient (Wildman–Crippen LogP) is 12.1. The predicted molar refractivity (Wildman–Crippen MR) is 231 cm³/mol. The van der Waals surface area contributed by atoms with Crippen LogP contribution >= 0.6 is 0 Å². The third-order valence-electron chi connectivity index (χ3n) is 14.2. The van der Waals surface area contributed by atoms with Crippen LogP contribution in [0, 0.1) is 19.8 Å². The lowest BCUT2D eigenvalue weighted by Gasteiger charge is -2.42. The fourth-order valence-electron chi connectivity index (χ4n) is 9.87. The van der Waals surface area contributed by atoms with Crippen molar-refractivity contribution >= 4 is 17.6 Å². The molecule has 280 valence electrons. The monoisotopic (exact) mass is 716 g/mol. The molecular weight excluding hydrogens is 655 g/mol. The molecule has 2 heterocycles. The molecule has 0 saturated carbocycles. The summed E-state index contributed by atoms with van der Waals surface area (Å²) < 4.78 is 13.6. The van der Waals surface area contributed by atoms with E-state index in [2.05, 4.69) is 156 Å². The molecule has 4 aliphatic rings. The summed E-state index contributed by atoms with van der Waals surface area (Å²) in [5, 5.41) is 0. The van der Waals surface area contributed by atoms with E-state index in [1.165, 1.54) is 97.7 Å². The van der Waals surface area contributed by atoms with Crippen LogP contribution in [0.5, 0.6) is 11.5 Å². The fourth-order valence-corrected chi connectivity index (χ4v) is 9.87. The first-order chi connectivity index (χ1) is 25.4. The minimum atomic E-state index is 0.0749. The second kappa shape index (κ2) is 12.8. The van der Waals surface area contributed by atoms with Gasteiger partial charge in [0, 0.05) is 0 Å². The van der Waals surface area contributed by atoms with Crippen molar-refractivity contribution in [2.75, 3.05) is 6.61 Å². The van der Waals surface area contributed by atoms with Crippen LogP contribution in [0.2, 0.25) is 0 Å². The zero-order chi connectivity index (χ0) is 38.5. The SMILES string of the molecule is CCC(C)/C=C\C1=C2COc3cc(-c4cc5c(cc4C)C(C)(C)CCC5(C)C)ccc3B2c2ccc(-c3cc4c(cc3C)C(C)(C)CCC4(C)C)cc2O1. The molecule has 1 unspecified atom stereocenters. The summed E-state index contributed by atoms with van der Waals surface area (Å²) in [6.45, 7) is 29.0. The molecule has 3 heteroatoms. The van der Waals surface area contributed by atoms with Crippen LogP contribution in [0.25, 0.3) is 22.3 Å². The van der Waals surface area contributed by atoms with Gasteiger partial charge < -0.3 is 9.47 Å². The smallest absolute Gasteiger partial charge is 0.255 e. The summed E-state index contributed by atoms with van der Waals surface area (Å²) in [5.74, 6) is 3.33. The lowest BCUT2D eigenvalue weighted by molar-refractivity contribution is 0.332. The molecule has 0 radical (unpaired) electrons. The molecule has 54 heavy (non-hydrogen) atoms. The van der Waals surface area contributed by atoms with Gasteiger partial charge in [0.2, 0.25) is 0 Å². The average molecular weight is 717 g/mol. The number of aryl methyl sites for hydroxylation is 2. The van der Waals surface area contributed by atoms with E-state index in [1.807, 2.05) is 0 Å². The topological polar surface area (TPSA) is 18.5 Å². The van der Waals surface area contributed by atoms with Gasteiger partial charge in [-0.3, -0.25) is 0 Å². The molecule has 0 saturated heterocycles. The van der Waals surface area contributed by atoms with Gasteiger partial charge in [0.05, 0.1) is 0 Å². The molecule has 1 atom stereocenters. The maximum atomic E-state index is 6.91. The lowest BCUT2D eigenvalue weighted by atomic mass is 9.34. The quantitative estimate of drug-likeness (QED) is 0.192. The van der Waals surface area contributed by atoms with Gasteiger partial charge in [0.15, 0.2) is 0 Å². The Morgan fingerprint density at radius 3 is 1.56 bits per heavy atom. The molecule has 0 N–H and O–H groups in total. The van der Waals surface area contributed by atoms with E-state index in [9.17, 15) is 0 Å². The maximum absolute atomic E-state index is 6.91. The van der Waals surface area contributed by atoms with E-state index >= 15 is 0 Å². The summed E-state index contributed by atoms with van der Waals surface area (Å²) >= 11 is 0. The highest BCUT2D eigenvalue weighted by molar-refractivity contribution is 6.92. The Morgan fingerprint density at radius 1 is 0.630 bits per heavy atom. The first-order valence-corrected chi connectivity index (χ1v) is 20.7. The van der Waals surface area contributed by atoms with Gasteiger partial charge in [-0.2, -0.15) is 0 Å². The summed E-state index contributed by atoms with van der Waals surface area (Å²) in [5.41, 5.74) is 18.1. The van der Waals surface area contributed by atoms with Crippen molar-refractivity contribution in [1.29, 1.82) is 0 Å². The molecular formula is C51H61BO2. The van der Waals surface area contributed by atoms with E-state index in [-0.39, 0.29) is 28.4 Å². The zero-order valence-corrected chi connectivity index (χ0v) is 35.1. The van der Waals surface area contributed by atoms with Crippen LogP contribution in [0.4, 0.5) is 0 Å². The fraction of sp³-hybridized carbons (Fsp3) is 0.451. The van der Waals surface area contributed by atoms with E-state index in [4.69, 9.17) is 9.47 Å². The second-order valence-corrected chi connectivity index (χ2v) is 19.9. The van der Waals surface area contributed by atoms with Crippen LogP contribution in [0.3, 0.4) is 0 Å². The molecule has 2 aliphatic carbocycles. The van der Waals surface area contributed by atoms with E-state index in [1.54, 1.807) is 0 Å². The number of allylic oxidation sites excluding steroid dienone is 2. The van der Waals surface area contributed by atoms with Crippen LogP contribution in [0.15, 0.2) is 84.0 Å². The third kappa shape index (κ3) is 6.09. The largest absolute Gasteiger partial charge is 0.490 e. The minimum absolute atomic E-state index is 0.0749. The zero-order valence-electron chi connectivity index (χ0n) is 35.1. The maximum Gasteiger partial charge on any atom is 0.255 e. The van der Waals surface area contributed by atoms with Crippen molar-refractivity contribution in [2.24, 2.45) is 5.92 Å². The van der Waals surface area contributed by atoms with Crippen molar-refractivity contribution in [1.82, 2.24) is 0 Å². The number of ether oxygens (including phenoxy) is 2. The molecule has 0 spiro atoms. The molecule has 4 aromatic rings. The van der Waals surface area contributed by atoms with Crippen LogP contribution in [0.1, 0.15) is 135 Å². The Hall–Kier alpha value is -3.98. The van der Waals surface area contributed by atoms with Gasteiger partial charge in [-0.15, -0.1) is 0 Å². The highest BCUT2D eigenvalue weighted by Gasteiger charge is 2.41. The number of benzene rings is 4. The van der Waals surface area contributed by atoms with Gasteiger partial charge in [0.25, 0.3) is 6.71 Å². The van der Waals surface area contributed by atoms with Crippen molar-refractivity contribution in [3.63, 3.8) is 0 Å². The van der Waals surface area contributed by atoms with E-state index in [0.29, 0.717) is 12.5 Å². The van der Waals surface area contributed by atoms with Gasteiger partial charge in [0.1, 0.15) is 23.9 Å². The average Bonchev–Trinajstić information content (AvgIpc) is 3.13. The highest BCUT2D eigenvalue weighted by Crippen LogP contribution is 2.49. The summed E-state index contributed by atoms with van der Waals surface area (Å²) in [6, 6.07) is 23.9. The summed E-state index contributed by atoms with van der Waals surface area (Å²) in [7, 11) is 0. The van der Waals surface area contributed by atoms with Gasteiger partial charge in [-0.05, 0) is 157 Å². The van der Waals surface area contributed by atoms with Crippen molar-refractivity contribution in [2.45, 2.75) is 137 Å². The van der Waals surface area contributed by atoms with Crippen LogP contribution in [-0.4, -0.2) is 13.3 Å². The lowest BCUT2D eigenvalue weighted by Crippen LogP contribution is -2.52. The number of fused-ring (bicyclic) bond motifs is 7. The Balaban J connectivity index is 1.23. The molecule has 2 nitrogen and oxygen atoms in total. The van der Waals surface area contributed by atoms with E-state index in [0.717, 1.165) is 23.7 Å². The Bertz CT molecular complexity index is 2240. The standard InChI is InChI=1S/C51H61BO2/c1-13-31(2)14-19-45-44-30-53-46-26-34(36-28-40-38(24-32(36)3)48(5,6)20-22-50(40,9)10)15-17-42(46)52(44)43-18-16-35(27-47(43)54-45)37-29-41-39(25-33(37)4)49(7,8)21-23-51(41,11)12/h14-19,24-29,31H,13,20-23,30H2,1-12H3/b19-14-. The van der Waals surface area contributed by atoms with Crippen LogP contribution in [-0.2, 0) is 21.7 Å². The van der Waals surface area contributed by atoms with Crippen molar-refractivity contribution in [3.8, 4) is 33.8 Å². The summed E-state index contributed by atoms with van der Waals surface area (Å²) in [6.07, 6.45) is 10.5. The normalized spacial score (nSPS) is 20.6. The molecule has 0 bridgehead atoms. The van der Waals surface area contributed by atoms with Crippen molar-refractivity contribution < 1.29 is 9.47 Å². The van der Waals surface area contributed by atoms with Gasteiger partial charge in [-0.25, -0.2) is 0 Å².